The van der Waals surface area contributed by atoms with Crippen LogP contribution in [0.4, 0.5) is 0 Å². The van der Waals surface area contributed by atoms with Crippen molar-refractivity contribution in [2.75, 3.05) is 19.8 Å². The van der Waals surface area contributed by atoms with E-state index >= 15 is 0 Å². The van der Waals surface area contributed by atoms with E-state index in [4.69, 9.17) is 14.2 Å². The Kier molecular flexibility index (Phi) is 5.87. The van der Waals surface area contributed by atoms with Crippen LogP contribution < -0.4 is 14.8 Å². The van der Waals surface area contributed by atoms with E-state index in [0.29, 0.717) is 30.8 Å². The van der Waals surface area contributed by atoms with Crippen molar-refractivity contribution in [1.29, 1.82) is 0 Å². The third-order valence-corrected chi connectivity index (χ3v) is 3.14. The predicted molar refractivity (Wildman–Crippen MR) is 79.7 cm³/mol. The summed E-state index contributed by atoms with van der Waals surface area (Å²) in [5.74, 6) is 1.07. The molecule has 1 fully saturated rings. The van der Waals surface area contributed by atoms with Gasteiger partial charge in [0.25, 0.3) is 0 Å². The molecule has 0 spiro atoms. The fourth-order valence-electron chi connectivity index (χ4n) is 1.98. The van der Waals surface area contributed by atoms with Crippen LogP contribution in [0.5, 0.6) is 11.5 Å². The van der Waals surface area contributed by atoms with Gasteiger partial charge in [-0.05, 0) is 38.8 Å². The third-order valence-electron chi connectivity index (χ3n) is 3.14. The minimum absolute atomic E-state index is 0.236. The maximum absolute atomic E-state index is 11.9. The Morgan fingerprint density at radius 3 is 2.43 bits per heavy atom. The largest absolute Gasteiger partial charge is 0.490 e. The van der Waals surface area contributed by atoms with E-state index in [0.717, 1.165) is 12.8 Å². The number of carbonyl (C=O) groups is 1. The van der Waals surface area contributed by atoms with Crippen molar-refractivity contribution in [3.05, 3.63) is 24.3 Å². The molecular weight excluding hydrogens is 270 g/mol. The Bertz CT molecular complexity index is 459. The zero-order valence-electron chi connectivity index (χ0n) is 12.6. The quantitative estimate of drug-likeness (QED) is 0.707. The summed E-state index contributed by atoms with van der Waals surface area (Å²) in [5.41, 5.74) is 0. The first-order valence-corrected chi connectivity index (χ1v) is 7.51. The second-order valence-corrected chi connectivity index (χ2v) is 4.94. The lowest BCUT2D eigenvalue weighted by atomic mass is 10.3. The number of esters is 1. The lowest BCUT2D eigenvalue weighted by molar-refractivity contribution is -0.146. The smallest absolute Gasteiger partial charge is 0.326 e. The summed E-state index contributed by atoms with van der Waals surface area (Å²) in [5, 5.41) is 3.26. The van der Waals surface area contributed by atoms with Gasteiger partial charge in [-0.15, -0.1) is 0 Å². The van der Waals surface area contributed by atoms with E-state index in [9.17, 15) is 4.79 Å². The third kappa shape index (κ3) is 4.93. The van der Waals surface area contributed by atoms with Crippen molar-refractivity contribution in [3.63, 3.8) is 0 Å². The number of carbonyl (C=O) groups excluding carboxylic acids is 1. The van der Waals surface area contributed by atoms with Gasteiger partial charge in [0.2, 0.25) is 0 Å². The van der Waals surface area contributed by atoms with E-state index < -0.39 is 6.04 Å². The van der Waals surface area contributed by atoms with Crippen molar-refractivity contribution in [2.24, 2.45) is 0 Å². The first-order valence-electron chi connectivity index (χ1n) is 7.51. The minimum atomic E-state index is -0.438. The molecule has 5 heteroatoms. The molecule has 0 heterocycles. The molecular formula is C16H23NO4. The first kappa shape index (κ1) is 15.6. The van der Waals surface area contributed by atoms with Gasteiger partial charge < -0.3 is 14.2 Å². The fraction of sp³-hybridized carbons (Fsp3) is 0.562. The maximum atomic E-state index is 11.9. The van der Waals surface area contributed by atoms with E-state index in [-0.39, 0.29) is 12.6 Å². The average Bonchev–Trinajstić information content (AvgIpc) is 3.29. The second-order valence-electron chi connectivity index (χ2n) is 4.94. The molecule has 0 aromatic heterocycles. The van der Waals surface area contributed by atoms with Crippen LogP contribution >= 0.6 is 0 Å². The molecule has 1 atom stereocenters. The zero-order chi connectivity index (χ0) is 15.1. The van der Waals surface area contributed by atoms with Crippen LogP contribution in [0, 0.1) is 0 Å². The highest BCUT2D eigenvalue weighted by molar-refractivity contribution is 5.76. The van der Waals surface area contributed by atoms with Crippen molar-refractivity contribution in [3.8, 4) is 11.5 Å². The summed E-state index contributed by atoms with van der Waals surface area (Å²) in [6.45, 7) is 4.91. The number of hydrogen-bond donors (Lipinski definition) is 1. The molecule has 21 heavy (non-hydrogen) atoms. The van der Waals surface area contributed by atoms with Gasteiger partial charge in [-0.25, -0.2) is 0 Å². The molecule has 1 aromatic carbocycles. The number of nitrogens with one attached hydrogen (secondary N) is 1. The highest BCUT2D eigenvalue weighted by atomic mass is 16.5. The summed E-state index contributed by atoms with van der Waals surface area (Å²) in [6, 6.07) is 7.43. The molecule has 5 nitrogen and oxygen atoms in total. The number of benzene rings is 1. The number of para-hydroxylation sites is 2. The van der Waals surface area contributed by atoms with Crippen molar-refractivity contribution in [1.82, 2.24) is 5.32 Å². The van der Waals surface area contributed by atoms with Gasteiger partial charge in [-0.3, -0.25) is 10.1 Å². The molecule has 0 aliphatic heterocycles. The van der Waals surface area contributed by atoms with Crippen LogP contribution in [-0.4, -0.2) is 37.9 Å². The minimum Gasteiger partial charge on any atom is -0.490 e. The van der Waals surface area contributed by atoms with Crippen LogP contribution in [0.15, 0.2) is 24.3 Å². The number of ether oxygens (including phenoxy) is 3. The lowest BCUT2D eigenvalue weighted by Crippen LogP contribution is -2.43. The van der Waals surface area contributed by atoms with Crippen LogP contribution in [0.2, 0.25) is 0 Å². The van der Waals surface area contributed by atoms with Crippen LogP contribution in [-0.2, 0) is 9.53 Å². The summed E-state index contributed by atoms with van der Waals surface area (Å²) in [6.07, 6.45) is 2.21. The standard InChI is InChI=1S/C16H23NO4/c1-3-19-14-7-5-6-8-15(14)21-11-13(16(18)20-4-2)17-12-9-10-12/h5-8,12-13,17H,3-4,9-11H2,1-2H3. The molecule has 1 unspecified atom stereocenters. The molecule has 1 saturated carbocycles. The van der Waals surface area contributed by atoms with Gasteiger partial charge in [0.15, 0.2) is 11.5 Å². The summed E-state index contributed by atoms with van der Waals surface area (Å²) in [7, 11) is 0. The van der Waals surface area contributed by atoms with Gasteiger partial charge in [-0.1, -0.05) is 12.1 Å². The second kappa shape index (κ2) is 7.88. The van der Waals surface area contributed by atoms with E-state index in [2.05, 4.69) is 5.32 Å². The molecule has 1 aromatic rings. The maximum Gasteiger partial charge on any atom is 0.326 e. The molecule has 0 radical (unpaired) electrons. The van der Waals surface area contributed by atoms with Gasteiger partial charge in [0.1, 0.15) is 12.6 Å². The number of rotatable bonds is 9. The predicted octanol–water partition coefficient (Wildman–Crippen LogP) is 2.15. The molecule has 0 saturated heterocycles. The first-order chi connectivity index (χ1) is 10.2. The van der Waals surface area contributed by atoms with Crippen molar-refractivity contribution in [2.45, 2.75) is 38.8 Å². The Morgan fingerprint density at radius 2 is 1.86 bits per heavy atom. The molecule has 0 amide bonds. The van der Waals surface area contributed by atoms with Crippen molar-refractivity contribution < 1.29 is 19.0 Å². The molecule has 1 N–H and O–H groups in total. The molecule has 1 aliphatic rings. The van der Waals surface area contributed by atoms with Crippen LogP contribution in [0.1, 0.15) is 26.7 Å². The monoisotopic (exact) mass is 293 g/mol. The SMILES string of the molecule is CCOC(=O)C(COc1ccccc1OCC)NC1CC1. The van der Waals surface area contributed by atoms with E-state index in [1.165, 1.54) is 0 Å². The summed E-state index contributed by atoms with van der Waals surface area (Å²) < 4.78 is 16.4. The van der Waals surface area contributed by atoms with Crippen LogP contribution in [0.3, 0.4) is 0 Å². The zero-order valence-corrected chi connectivity index (χ0v) is 12.6. The summed E-state index contributed by atoms with van der Waals surface area (Å²) >= 11 is 0. The highest BCUT2D eigenvalue weighted by Crippen LogP contribution is 2.27. The fourth-order valence-corrected chi connectivity index (χ4v) is 1.98. The Balaban J connectivity index is 1.95. The summed E-state index contributed by atoms with van der Waals surface area (Å²) in [4.78, 5) is 11.9. The molecule has 2 rings (SSSR count). The topological polar surface area (TPSA) is 56.8 Å². The van der Waals surface area contributed by atoms with Crippen molar-refractivity contribution >= 4 is 5.97 Å². The number of hydrogen-bond acceptors (Lipinski definition) is 5. The normalized spacial score (nSPS) is 15.3. The van der Waals surface area contributed by atoms with Gasteiger partial charge in [0, 0.05) is 6.04 Å². The van der Waals surface area contributed by atoms with E-state index in [1.54, 1.807) is 6.92 Å². The molecule has 1 aliphatic carbocycles. The van der Waals surface area contributed by atoms with Gasteiger partial charge >= 0.3 is 5.97 Å². The highest BCUT2D eigenvalue weighted by Gasteiger charge is 2.29. The van der Waals surface area contributed by atoms with Crippen LogP contribution in [0.25, 0.3) is 0 Å². The Hall–Kier alpha value is -1.75. The lowest BCUT2D eigenvalue weighted by Gasteiger charge is -2.18. The average molecular weight is 293 g/mol. The molecule has 116 valence electrons. The Labute approximate surface area is 125 Å². The molecule has 0 bridgehead atoms. The van der Waals surface area contributed by atoms with Gasteiger partial charge in [0.05, 0.1) is 13.2 Å². The Morgan fingerprint density at radius 1 is 1.19 bits per heavy atom. The van der Waals surface area contributed by atoms with E-state index in [1.807, 2.05) is 31.2 Å². The van der Waals surface area contributed by atoms with Gasteiger partial charge in [-0.2, -0.15) is 0 Å².